The Bertz CT molecular complexity index is 604. The van der Waals surface area contributed by atoms with Crippen LogP contribution in [0.2, 0.25) is 5.02 Å². The number of benzene rings is 2. The predicted octanol–water partition coefficient (Wildman–Crippen LogP) is 3.70. The second-order valence-corrected chi connectivity index (χ2v) is 4.74. The zero-order valence-electron chi connectivity index (χ0n) is 10.7. The van der Waals surface area contributed by atoms with E-state index in [0.717, 1.165) is 5.56 Å². The SMILES string of the molecule is NCCc1cc(F)cc(OCc2cccc(Cl)c2F)c1. The number of hydrogen-bond donors (Lipinski definition) is 1. The molecule has 0 bridgehead atoms. The van der Waals surface area contributed by atoms with E-state index in [9.17, 15) is 8.78 Å². The van der Waals surface area contributed by atoms with Gasteiger partial charge in [0, 0.05) is 11.6 Å². The molecule has 0 unspecified atom stereocenters. The Morgan fingerprint density at radius 2 is 1.95 bits per heavy atom. The van der Waals surface area contributed by atoms with Crippen molar-refractivity contribution in [3.63, 3.8) is 0 Å². The summed E-state index contributed by atoms with van der Waals surface area (Å²) in [5.41, 5.74) is 6.50. The van der Waals surface area contributed by atoms with Crippen molar-refractivity contribution in [1.82, 2.24) is 0 Å². The third-order valence-corrected chi connectivity index (χ3v) is 3.08. The molecule has 2 nitrogen and oxygen atoms in total. The van der Waals surface area contributed by atoms with Gasteiger partial charge in [-0.2, -0.15) is 0 Å². The molecular formula is C15H14ClF2NO. The molecule has 0 spiro atoms. The number of rotatable bonds is 5. The Kier molecular flexibility index (Phi) is 4.93. The van der Waals surface area contributed by atoms with E-state index in [4.69, 9.17) is 22.1 Å². The molecule has 0 amide bonds. The summed E-state index contributed by atoms with van der Waals surface area (Å²) < 4.78 is 32.5. The molecule has 0 fully saturated rings. The van der Waals surface area contributed by atoms with Gasteiger partial charge in [-0.25, -0.2) is 8.78 Å². The van der Waals surface area contributed by atoms with Crippen LogP contribution >= 0.6 is 11.6 Å². The van der Waals surface area contributed by atoms with Crippen LogP contribution in [0.1, 0.15) is 11.1 Å². The highest BCUT2D eigenvalue weighted by molar-refractivity contribution is 6.30. The summed E-state index contributed by atoms with van der Waals surface area (Å²) in [4.78, 5) is 0. The van der Waals surface area contributed by atoms with Crippen LogP contribution in [0, 0.1) is 11.6 Å². The summed E-state index contributed by atoms with van der Waals surface area (Å²) >= 11 is 5.68. The molecular weight excluding hydrogens is 284 g/mol. The second-order valence-electron chi connectivity index (χ2n) is 4.34. The zero-order chi connectivity index (χ0) is 14.5. The standard InChI is InChI=1S/C15H14ClF2NO/c16-14-3-1-2-11(15(14)18)9-20-13-7-10(4-5-19)6-12(17)8-13/h1-3,6-8H,4-5,9,19H2. The first-order valence-corrected chi connectivity index (χ1v) is 6.53. The van der Waals surface area contributed by atoms with Gasteiger partial charge in [0.05, 0.1) is 5.02 Å². The fourth-order valence-electron chi connectivity index (χ4n) is 1.84. The largest absolute Gasteiger partial charge is 0.489 e. The molecule has 0 heterocycles. The Labute approximate surface area is 121 Å². The molecule has 106 valence electrons. The number of ether oxygens (including phenoxy) is 1. The minimum absolute atomic E-state index is 0.0160. The molecule has 0 aromatic heterocycles. The van der Waals surface area contributed by atoms with E-state index in [0.29, 0.717) is 24.3 Å². The summed E-state index contributed by atoms with van der Waals surface area (Å²) in [6.07, 6.45) is 0.555. The minimum Gasteiger partial charge on any atom is -0.489 e. The molecule has 0 radical (unpaired) electrons. The van der Waals surface area contributed by atoms with Crippen molar-refractivity contribution < 1.29 is 13.5 Å². The molecule has 2 rings (SSSR count). The van der Waals surface area contributed by atoms with E-state index in [1.165, 1.54) is 18.2 Å². The van der Waals surface area contributed by atoms with E-state index in [1.807, 2.05) is 0 Å². The van der Waals surface area contributed by atoms with Gasteiger partial charge in [0.25, 0.3) is 0 Å². The molecule has 0 aliphatic rings. The Morgan fingerprint density at radius 3 is 2.70 bits per heavy atom. The van der Waals surface area contributed by atoms with Gasteiger partial charge in [-0.15, -0.1) is 0 Å². The second kappa shape index (κ2) is 6.68. The molecule has 20 heavy (non-hydrogen) atoms. The highest BCUT2D eigenvalue weighted by Gasteiger charge is 2.08. The molecule has 0 atom stereocenters. The molecule has 5 heteroatoms. The van der Waals surface area contributed by atoms with Crippen molar-refractivity contribution in [1.29, 1.82) is 0 Å². The molecule has 0 saturated heterocycles. The number of halogens is 3. The first-order chi connectivity index (χ1) is 9.60. The Hall–Kier alpha value is -1.65. The first kappa shape index (κ1) is 14.8. The molecule has 2 N–H and O–H groups in total. The maximum Gasteiger partial charge on any atom is 0.148 e. The quantitative estimate of drug-likeness (QED) is 0.913. The van der Waals surface area contributed by atoms with Gasteiger partial charge in [-0.05, 0) is 36.7 Å². The van der Waals surface area contributed by atoms with Gasteiger partial charge in [-0.1, -0.05) is 23.7 Å². The molecule has 2 aromatic rings. The van der Waals surface area contributed by atoms with Crippen molar-refractivity contribution in [3.05, 3.63) is 64.2 Å². The van der Waals surface area contributed by atoms with Crippen LogP contribution in [0.4, 0.5) is 8.78 Å². The van der Waals surface area contributed by atoms with Crippen LogP contribution in [0.3, 0.4) is 0 Å². The summed E-state index contributed by atoms with van der Waals surface area (Å²) in [6, 6.07) is 9.01. The van der Waals surface area contributed by atoms with Crippen LogP contribution in [-0.2, 0) is 13.0 Å². The van der Waals surface area contributed by atoms with E-state index in [2.05, 4.69) is 0 Å². The minimum atomic E-state index is -0.521. The van der Waals surface area contributed by atoms with Crippen LogP contribution < -0.4 is 10.5 Å². The number of hydrogen-bond acceptors (Lipinski definition) is 2. The van der Waals surface area contributed by atoms with Gasteiger partial charge in [0.1, 0.15) is 24.0 Å². The monoisotopic (exact) mass is 297 g/mol. The average molecular weight is 298 g/mol. The van der Waals surface area contributed by atoms with E-state index in [-0.39, 0.29) is 11.6 Å². The van der Waals surface area contributed by atoms with Crippen LogP contribution in [0.5, 0.6) is 5.75 Å². The van der Waals surface area contributed by atoms with Crippen molar-refractivity contribution in [2.45, 2.75) is 13.0 Å². The summed E-state index contributed by atoms with van der Waals surface area (Å²) in [5, 5.41) is 0.0363. The lowest BCUT2D eigenvalue weighted by Crippen LogP contribution is -2.04. The topological polar surface area (TPSA) is 35.2 Å². The third kappa shape index (κ3) is 3.68. The van der Waals surface area contributed by atoms with E-state index < -0.39 is 11.6 Å². The molecule has 0 saturated carbocycles. The smallest absolute Gasteiger partial charge is 0.148 e. The summed E-state index contributed by atoms with van der Waals surface area (Å²) in [5.74, 6) is -0.585. The lowest BCUT2D eigenvalue weighted by molar-refractivity contribution is 0.298. The van der Waals surface area contributed by atoms with Crippen molar-refractivity contribution >= 4 is 11.6 Å². The maximum absolute atomic E-state index is 13.7. The molecule has 0 aliphatic carbocycles. The van der Waals surface area contributed by atoms with Crippen LogP contribution in [0.15, 0.2) is 36.4 Å². The van der Waals surface area contributed by atoms with E-state index in [1.54, 1.807) is 18.2 Å². The van der Waals surface area contributed by atoms with Gasteiger partial charge in [0.15, 0.2) is 0 Å². The van der Waals surface area contributed by atoms with Crippen LogP contribution in [-0.4, -0.2) is 6.54 Å². The molecule has 0 aliphatic heterocycles. The van der Waals surface area contributed by atoms with E-state index >= 15 is 0 Å². The fourth-order valence-corrected chi connectivity index (χ4v) is 2.03. The number of nitrogens with two attached hydrogens (primary N) is 1. The fraction of sp³-hybridized carbons (Fsp3) is 0.200. The van der Waals surface area contributed by atoms with Gasteiger partial charge in [-0.3, -0.25) is 0 Å². The lowest BCUT2D eigenvalue weighted by atomic mass is 10.1. The Balaban J connectivity index is 2.12. The third-order valence-electron chi connectivity index (χ3n) is 2.79. The maximum atomic E-state index is 13.7. The van der Waals surface area contributed by atoms with Gasteiger partial charge < -0.3 is 10.5 Å². The highest BCUT2D eigenvalue weighted by atomic mass is 35.5. The average Bonchev–Trinajstić information content (AvgIpc) is 2.40. The predicted molar refractivity (Wildman–Crippen MR) is 74.9 cm³/mol. The van der Waals surface area contributed by atoms with Crippen molar-refractivity contribution in [3.8, 4) is 5.75 Å². The van der Waals surface area contributed by atoms with Gasteiger partial charge in [0.2, 0.25) is 0 Å². The molecule has 2 aromatic carbocycles. The summed E-state index contributed by atoms with van der Waals surface area (Å²) in [7, 11) is 0. The van der Waals surface area contributed by atoms with Gasteiger partial charge >= 0.3 is 0 Å². The van der Waals surface area contributed by atoms with Crippen molar-refractivity contribution in [2.24, 2.45) is 5.73 Å². The zero-order valence-corrected chi connectivity index (χ0v) is 11.5. The van der Waals surface area contributed by atoms with Crippen molar-refractivity contribution in [2.75, 3.05) is 6.54 Å². The first-order valence-electron chi connectivity index (χ1n) is 6.15. The highest BCUT2D eigenvalue weighted by Crippen LogP contribution is 2.21. The Morgan fingerprint density at radius 1 is 1.15 bits per heavy atom. The summed E-state index contributed by atoms with van der Waals surface area (Å²) in [6.45, 7) is 0.406. The van der Waals surface area contributed by atoms with Crippen LogP contribution in [0.25, 0.3) is 0 Å². The normalized spacial score (nSPS) is 10.6. The lowest BCUT2D eigenvalue weighted by Gasteiger charge is -2.09.